The summed E-state index contributed by atoms with van der Waals surface area (Å²) in [6.45, 7) is 1.53. The lowest BCUT2D eigenvalue weighted by Crippen LogP contribution is -2.71. The van der Waals surface area contributed by atoms with Gasteiger partial charge in [-0.1, -0.05) is 42.1 Å². The fraction of sp³-hybridized carbons (Fsp3) is 0.320. The number of carbonyl (C=O) groups excluding carboxylic acids is 3. The van der Waals surface area contributed by atoms with E-state index in [0.29, 0.717) is 17.1 Å². The smallest absolute Gasteiger partial charge is 0.355 e. The van der Waals surface area contributed by atoms with Crippen molar-refractivity contribution in [1.29, 1.82) is 0 Å². The number of β-lactam (4-membered cyclic amide) rings is 1. The third kappa shape index (κ3) is 5.28. The van der Waals surface area contributed by atoms with Gasteiger partial charge in [0.05, 0.1) is 7.11 Å². The largest absolute Gasteiger partial charge is 0.497 e. The van der Waals surface area contributed by atoms with Crippen LogP contribution in [0.5, 0.6) is 11.5 Å². The number of amides is 2. The van der Waals surface area contributed by atoms with Gasteiger partial charge in [-0.25, -0.2) is 4.79 Å². The molecule has 9 nitrogen and oxygen atoms in total. The zero-order valence-electron chi connectivity index (χ0n) is 19.6. The van der Waals surface area contributed by atoms with Crippen LogP contribution in [0.1, 0.15) is 12.5 Å². The molecule has 2 aliphatic rings. The van der Waals surface area contributed by atoms with Crippen molar-refractivity contribution in [3.8, 4) is 11.5 Å². The van der Waals surface area contributed by atoms with Crippen LogP contribution in [0.2, 0.25) is 0 Å². The Labute approximate surface area is 207 Å². The van der Waals surface area contributed by atoms with E-state index in [0.717, 1.165) is 5.56 Å². The van der Waals surface area contributed by atoms with Crippen molar-refractivity contribution in [2.45, 2.75) is 30.4 Å². The Balaban J connectivity index is 1.40. The second-order valence-corrected chi connectivity index (χ2v) is 9.09. The van der Waals surface area contributed by atoms with Crippen LogP contribution in [0.4, 0.5) is 0 Å². The van der Waals surface area contributed by atoms with Crippen LogP contribution in [0, 0.1) is 0 Å². The second-order valence-electron chi connectivity index (χ2n) is 7.91. The van der Waals surface area contributed by atoms with Crippen LogP contribution >= 0.6 is 11.8 Å². The first kappa shape index (κ1) is 24.6. The van der Waals surface area contributed by atoms with E-state index in [1.54, 1.807) is 62.6 Å². The number of thioether (sulfide) groups is 1. The molecule has 184 valence electrons. The molecule has 2 aromatic carbocycles. The number of carbonyl (C=O) groups is 3. The number of esters is 1. The standard InChI is InChI=1S/C25H26N2O7S/c1-15-21(24(30)34-13-16-9-11-17(31-2)12-10-16)27-22(29)20(23(27)35-25(15)32-3)26-19(28)14-33-18-7-5-4-6-8-18/h4-12,20,23,25H,13-14H2,1-3H3,(H,26,28)/t20?,23-,25+/m1/s1. The molecule has 0 radical (unpaired) electrons. The highest BCUT2D eigenvalue weighted by Crippen LogP contribution is 2.44. The number of hydrogen-bond acceptors (Lipinski definition) is 8. The average Bonchev–Trinajstić information content (AvgIpc) is 2.89. The van der Waals surface area contributed by atoms with Crippen LogP contribution in [0.3, 0.4) is 0 Å². The van der Waals surface area contributed by atoms with E-state index in [-0.39, 0.29) is 24.8 Å². The summed E-state index contributed by atoms with van der Waals surface area (Å²) in [5, 5.41) is 2.21. The van der Waals surface area contributed by atoms with Gasteiger partial charge >= 0.3 is 5.97 Å². The number of fused-ring (bicyclic) bond motifs is 1. The van der Waals surface area contributed by atoms with Gasteiger partial charge in [-0.2, -0.15) is 0 Å². The number of hydrogen-bond donors (Lipinski definition) is 1. The Morgan fingerprint density at radius 2 is 1.74 bits per heavy atom. The summed E-state index contributed by atoms with van der Waals surface area (Å²) < 4.78 is 21.6. The molecule has 0 spiro atoms. The maximum atomic E-state index is 13.0. The number of methoxy groups -OCH3 is 2. The van der Waals surface area contributed by atoms with Crippen molar-refractivity contribution in [3.63, 3.8) is 0 Å². The molecule has 1 fully saturated rings. The summed E-state index contributed by atoms with van der Waals surface area (Å²) in [5.41, 5.74) is 1.04. The minimum absolute atomic E-state index is 0.0358. The van der Waals surface area contributed by atoms with E-state index in [1.165, 1.54) is 23.8 Å². The quantitative estimate of drug-likeness (QED) is 0.416. The molecule has 4 rings (SSSR count). The van der Waals surface area contributed by atoms with Gasteiger partial charge in [0.25, 0.3) is 11.8 Å². The van der Waals surface area contributed by atoms with E-state index in [9.17, 15) is 14.4 Å². The molecule has 2 amide bonds. The monoisotopic (exact) mass is 498 g/mol. The minimum atomic E-state index is -0.804. The van der Waals surface area contributed by atoms with Gasteiger partial charge in [0.1, 0.15) is 40.7 Å². The molecule has 2 aromatic rings. The fourth-order valence-electron chi connectivity index (χ4n) is 3.82. The summed E-state index contributed by atoms with van der Waals surface area (Å²) in [6, 6.07) is 15.2. The Hall–Kier alpha value is -3.50. The number of para-hydroxylation sites is 1. The molecule has 3 atom stereocenters. The van der Waals surface area contributed by atoms with Crippen molar-refractivity contribution >= 4 is 29.5 Å². The Kier molecular flexibility index (Phi) is 7.62. The third-order valence-electron chi connectivity index (χ3n) is 5.64. The number of rotatable bonds is 9. The molecule has 1 saturated heterocycles. The number of ether oxygens (including phenoxy) is 4. The SMILES string of the molecule is COc1ccc(COC(=O)C2=C(C)[C@@H](OC)S[C@@H]3C(NC(=O)COc4ccccc4)C(=O)N23)cc1. The van der Waals surface area contributed by atoms with E-state index in [2.05, 4.69) is 5.32 Å². The number of nitrogens with zero attached hydrogens (tertiary/aromatic N) is 1. The lowest BCUT2D eigenvalue weighted by atomic mass is 10.0. The Bertz CT molecular complexity index is 1120. The van der Waals surface area contributed by atoms with Crippen molar-refractivity contribution in [3.05, 3.63) is 71.4 Å². The second kappa shape index (κ2) is 10.8. The highest BCUT2D eigenvalue weighted by molar-refractivity contribution is 8.00. The zero-order valence-corrected chi connectivity index (χ0v) is 20.4. The molecule has 0 saturated carbocycles. The minimum Gasteiger partial charge on any atom is -0.497 e. The number of benzene rings is 2. The van der Waals surface area contributed by atoms with Gasteiger partial charge in [-0.15, -0.1) is 0 Å². The summed E-state index contributed by atoms with van der Waals surface area (Å²) in [4.78, 5) is 39.8. The van der Waals surface area contributed by atoms with Crippen molar-refractivity contribution in [2.24, 2.45) is 0 Å². The number of nitrogens with one attached hydrogen (secondary N) is 1. The first-order valence-corrected chi connectivity index (χ1v) is 11.9. The lowest BCUT2D eigenvalue weighted by Gasteiger charge is -2.50. The van der Waals surface area contributed by atoms with Crippen LogP contribution in [-0.2, 0) is 30.5 Å². The van der Waals surface area contributed by atoms with Gasteiger partial charge in [-0.3, -0.25) is 14.5 Å². The third-order valence-corrected chi connectivity index (χ3v) is 7.20. The van der Waals surface area contributed by atoms with E-state index < -0.39 is 28.7 Å². The fourth-order valence-corrected chi connectivity index (χ4v) is 5.17. The van der Waals surface area contributed by atoms with E-state index >= 15 is 0 Å². The van der Waals surface area contributed by atoms with Crippen LogP contribution in [0.15, 0.2) is 65.9 Å². The summed E-state index contributed by atoms with van der Waals surface area (Å²) >= 11 is 1.35. The summed E-state index contributed by atoms with van der Waals surface area (Å²) in [7, 11) is 3.10. The maximum Gasteiger partial charge on any atom is 0.355 e. The topological polar surface area (TPSA) is 103 Å². The van der Waals surface area contributed by atoms with Crippen LogP contribution < -0.4 is 14.8 Å². The highest BCUT2D eigenvalue weighted by Gasteiger charge is 2.56. The molecule has 0 bridgehead atoms. The molecular formula is C25H26N2O7S. The van der Waals surface area contributed by atoms with Gasteiger partial charge in [0, 0.05) is 7.11 Å². The van der Waals surface area contributed by atoms with E-state index in [4.69, 9.17) is 18.9 Å². The van der Waals surface area contributed by atoms with Crippen molar-refractivity contribution < 1.29 is 33.3 Å². The summed E-state index contributed by atoms with van der Waals surface area (Å²) in [6.07, 6.45) is 0. The normalized spacial score (nSPS) is 21.1. The maximum absolute atomic E-state index is 13.0. The molecule has 35 heavy (non-hydrogen) atoms. The average molecular weight is 499 g/mol. The summed E-state index contributed by atoms with van der Waals surface area (Å²) in [5.74, 6) is -0.202. The molecule has 1 N–H and O–H groups in total. The van der Waals surface area contributed by atoms with Crippen LogP contribution in [0.25, 0.3) is 0 Å². The molecular weight excluding hydrogens is 472 g/mol. The molecule has 0 aliphatic carbocycles. The van der Waals surface area contributed by atoms with Gasteiger partial charge in [-0.05, 0) is 42.3 Å². The molecule has 2 aliphatic heterocycles. The molecule has 10 heteroatoms. The Morgan fingerprint density at radius 3 is 2.40 bits per heavy atom. The van der Waals surface area contributed by atoms with Gasteiger partial charge in [0.2, 0.25) is 0 Å². The predicted molar refractivity (Wildman–Crippen MR) is 128 cm³/mol. The Morgan fingerprint density at radius 1 is 1.03 bits per heavy atom. The lowest BCUT2D eigenvalue weighted by molar-refractivity contribution is -0.154. The molecule has 0 aromatic heterocycles. The predicted octanol–water partition coefficient (Wildman–Crippen LogP) is 2.46. The van der Waals surface area contributed by atoms with Crippen molar-refractivity contribution in [2.75, 3.05) is 20.8 Å². The van der Waals surface area contributed by atoms with E-state index in [1.807, 2.05) is 6.07 Å². The zero-order chi connectivity index (χ0) is 24.9. The van der Waals surface area contributed by atoms with Crippen LogP contribution in [-0.4, -0.2) is 60.4 Å². The highest BCUT2D eigenvalue weighted by atomic mass is 32.2. The van der Waals surface area contributed by atoms with Gasteiger partial charge in [0.15, 0.2) is 6.61 Å². The molecule has 1 unspecified atom stereocenters. The van der Waals surface area contributed by atoms with Gasteiger partial charge < -0.3 is 24.3 Å². The first-order valence-electron chi connectivity index (χ1n) is 10.9. The first-order chi connectivity index (χ1) is 16.9. The van der Waals surface area contributed by atoms with Crippen molar-refractivity contribution in [1.82, 2.24) is 10.2 Å². The molecule has 2 heterocycles.